The molecule has 0 radical (unpaired) electrons. The number of aryl methyl sites for hydroxylation is 1. The van der Waals surface area contributed by atoms with Gasteiger partial charge in [0, 0.05) is 28.4 Å². The molecule has 1 aromatic heterocycles. The molecule has 1 aromatic rings. The first-order chi connectivity index (χ1) is 8.51. The molecule has 3 N–H and O–H groups in total. The zero-order valence-corrected chi connectivity index (χ0v) is 12.7. The van der Waals surface area contributed by atoms with Crippen LogP contribution in [0.25, 0.3) is 0 Å². The first-order valence-corrected chi connectivity index (χ1v) is 7.51. The van der Waals surface area contributed by atoms with Crippen molar-refractivity contribution in [3.05, 3.63) is 21.9 Å². The number of nitrogens with two attached hydrogens (primary N) is 1. The van der Waals surface area contributed by atoms with Gasteiger partial charge >= 0.3 is 0 Å². The molecule has 0 aliphatic rings. The van der Waals surface area contributed by atoms with Gasteiger partial charge in [0.25, 0.3) is 0 Å². The molecule has 104 valence electrons. The van der Waals surface area contributed by atoms with Crippen molar-refractivity contribution >= 4 is 11.3 Å². The fraction of sp³-hybridized carbons (Fsp3) is 0.714. The molecule has 4 heteroatoms. The summed E-state index contributed by atoms with van der Waals surface area (Å²) in [6, 6.07) is 5.01. The Kier molecular flexibility index (Phi) is 6.29. The van der Waals surface area contributed by atoms with E-state index in [-0.39, 0.29) is 18.7 Å². The van der Waals surface area contributed by atoms with E-state index in [0.717, 1.165) is 6.42 Å². The number of aliphatic hydroxyl groups is 1. The van der Waals surface area contributed by atoms with Crippen LogP contribution in [-0.4, -0.2) is 35.2 Å². The minimum Gasteiger partial charge on any atom is -0.395 e. The topological polar surface area (TPSA) is 49.5 Å². The highest BCUT2D eigenvalue weighted by molar-refractivity contribution is 7.12. The van der Waals surface area contributed by atoms with E-state index in [4.69, 9.17) is 5.73 Å². The molecule has 0 aromatic carbocycles. The number of aliphatic hydroxyl groups excluding tert-OH is 1. The van der Waals surface area contributed by atoms with Crippen LogP contribution < -0.4 is 5.73 Å². The maximum atomic E-state index is 9.26. The standard InChI is InChI=1S/C14H26N2OS/c1-5-12(15)14(13-7-6-11(4)18-13)16(8-9-17)10(2)3/h6-7,10,12,14,17H,5,8-9,15H2,1-4H3. The summed E-state index contributed by atoms with van der Waals surface area (Å²) in [6.45, 7) is 9.41. The summed E-state index contributed by atoms with van der Waals surface area (Å²) in [5, 5.41) is 9.26. The molecular formula is C14H26N2OS. The largest absolute Gasteiger partial charge is 0.395 e. The molecule has 18 heavy (non-hydrogen) atoms. The average Bonchev–Trinajstić information content (AvgIpc) is 2.74. The number of rotatable bonds is 7. The molecule has 0 aliphatic heterocycles. The van der Waals surface area contributed by atoms with E-state index in [0.29, 0.717) is 12.6 Å². The average molecular weight is 270 g/mol. The summed E-state index contributed by atoms with van der Waals surface area (Å²) in [5.74, 6) is 0. The molecule has 1 rings (SSSR count). The van der Waals surface area contributed by atoms with E-state index < -0.39 is 0 Å². The Morgan fingerprint density at radius 1 is 1.39 bits per heavy atom. The predicted molar refractivity (Wildman–Crippen MR) is 79.0 cm³/mol. The van der Waals surface area contributed by atoms with E-state index >= 15 is 0 Å². The smallest absolute Gasteiger partial charge is 0.0596 e. The molecule has 2 atom stereocenters. The Morgan fingerprint density at radius 2 is 2.06 bits per heavy atom. The van der Waals surface area contributed by atoms with Gasteiger partial charge in [-0.15, -0.1) is 11.3 Å². The van der Waals surface area contributed by atoms with Crippen LogP contribution in [0.15, 0.2) is 12.1 Å². The van der Waals surface area contributed by atoms with Gasteiger partial charge in [0.15, 0.2) is 0 Å². The normalized spacial score (nSPS) is 15.3. The number of hydrogen-bond donors (Lipinski definition) is 2. The Labute approximate surface area is 115 Å². The van der Waals surface area contributed by atoms with Crippen molar-refractivity contribution in [2.45, 2.75) is 52.2 Å². The molecule has 0 saturated carbocycles. The van der Waals surface area contributed by atoms with Crippen LogP contribution in [0.1, 0.15) is 43.0 Å². The van der Waals surface area contributed by atoms with E-state index in [1.807, 2.05) is 11.3 Å². The minimum absolute atomic E-state index is 0.108. The maximum Gasteiger partial charge on any atom is 0.0596 e. The highest BCUT2D eigenvalue weighted by Crippen LogP contribution is 2.31. The van der Waals surface area contributed by atoms with Crippen molar-refractivity contribution in [2.24, 2.45) is 5.73 Å². The van der Waals surface area contributed by atoms with Gasteiger partial charge in [-0.25, -0.2) is 0 Å². The zero-order valence-electron chi connectivity index (χ0n) is 11.9. The Balaban J connectivity index is 3.02. The van der Waals surface area contributed by atoms with Crippen molar-refractivity contribution in [3.63, 3.8) is 0 Å². The predicted octanol–water partition coefficient (Wildman–Crippen LogP) is 2.54. The lowest BCUT2D eigenvalue weighted by molar-refractivity contribution is 0.103. The van der Waals surface area contributed by atoms with Crippen LogP contribution in [0.5, 0.6) is 0 Å². The van der Waals surface area contributed by atoms with Crippen LogP contribution >= 0.6 is 11.3 Å². The van der Waals surface area contributed by atoms with Crippen LogP contribution in [0.3, 0.4) is 0 Å². The molecule has 0 fully saturated rings. The van der Waals surface area contributed by atoms with Gasteiger partial charge in [0.05, 0.1) is 12.6 Å². The van der Waals surface area contributed by atoms with E-state index in [9.17, 15) is 5.11 Å². The Bertz CT molecular complexity index is 351. The fourth-order valence-corrected chi connectivity index (χ4v) is 3.36. The number of hydrogen-bond acceptors (Lipinski definition) is 4. The quantitative estimate of drug-likeness (QED) is 0.800. The molecule has 0 bridgehead atoms. The first-order valence-electron chi connectivity index (χ1n) is 6.69. The second-order valence-electron chi connectivity index (χ2n) is 5.02. The lowest BCUT2D eigenvalue weighted by atomic mass is 10.0. The van der Waals surface area contributed by atoms with E-state index in [1.54, 1.807) is 0 Å². The lowest BCUT2D eigenvalue weighted by Crippen LogP contribution is -2.45. The molecule has 0 saturated heterocycles. The molecule has 0 amide bonds. The summed E-state index contributed by atoms with van der Waals surface area (Å²) in [7, 11) is 0. The Morgan fingerprint density at radius 3 is 2.44 bits per heavy atom. The third-order valence-electron chi connectivity index (χ3n) is 3.31. The summed E-state index contributed by atoms with van der Waals surface area (Å²) in [5.41, 5.74) is 6.31. The van der Waals surface area contributed by atoms with Crippen LogP contribution in [0.2, 0.25) is 0 Å². The number of thiophene rings is 1. The van der Waals surface area contributed by atoms with Crippen molar-refractivity contribution in [2.75, 3.05) is 13.2 Å². The number of nitrogens with zero attached hydrogens (tertiary/aromatic N) is 1. The van der Waals surface area contributed by atoms with E-state index in [2.05, 4.69) is 44.7 Å². The summed E-state index contributed by atoms with van der Waals surface area (Å²) < 4.78 is 0. The van der Waals surface area contributed by atoms with Crippen LogP contribution in [-0.2, 0) is 0 Å². The van der Waals surface area contributed by atoms with Gasteiger partial charge in [-0.1, -0.05) is 6.92 Å². The van der Waals surface area contributed by atoms with Crippen molar-refractivity contribution in [3.8, 4) is 0 Å². The summed E-state index contributed by atoms with van der Waals surface area (Å²) in [6.07, 6.45) is 0.941. The van der Waals surface area contributed by atoms with Crippen LogP contribution in [0, 0.1) is 6.92 Å². The van der Waals surface area contributed by atoms with Gasteiger partial charge in [-0.05, 0) is 39.3 Å². The first kappa shape index (κ1) is 15.6. The maximum absolute atomic E-state index is 9.26. The molecular weight excluding hydrogens is 244 g/mol. The molecule has 2 unspecified atom stereocenters. The van der Waals surface area contributed by atoms with Crippen molar-refractivity contribution in [1.82, 2.24) is 4.90 Å². The lowest BCUT2D eigenvalue weighted by Gasteiger charge is -2.37. The molecule has 3 nitrogen and oxygen atoms in total. The van der Waals surface area contributed by atoms with E-state index in [1.165, 1.54) is 9.75 Å². The third kappa shape index (κ3) is 3.79. The van der Waals surface area contributed by atoms with Crippen molar-refractivity contribution < 1.29 is 5.11 Å². The van der Waals surface area contributed by atoms with Crippen molar-refractivity contribution in [1.29, 1.82) is 0 Å². The zero-order chi connectivity index (χ0) is 13.7. The fourth-order valence-electron chi connectivity index (χ4n) is 2.29. The van der Waals surface area contributed by atoms with Crippen LogP contribution in [0.4, 0.5) is 0 Å². The highest BCUT2D eigenvalue weighted by atomic mass is 32.1. The van der Waals surface area contributed by atoms with Gasteiger partial charge in [0.2, 0.25) is 0 Å². The monoisotopic (exact) mass is 270 g/mol. The molecule has 0 spiro atoms. The molecule has 1 heterocycles. The second-order valence-corrected chi connectivity index (χ2v) is 6.34. The Hall–Kier alpha value is -0.420. The summed E-state index contributed by atoms with van der Waals surface area (Å²) in [4.78, 5) is 4.93. The van der Waals surface area contributed by atoms with Gasteiger partial charge in [-0.2, -0.15) is 0 Å². The third-order valence-corrected chi connectivity index (χ3v) is 4.38. The molecule has 0 aliphatic carbocycles. The van der Waals surface area contributed by atoms with Gasteiger partial charge in [-0.3, -0.25) is 4.90 Å². The second kappa shape index (κ2) is 7.24. The summed E-state index contributed by atoms with van der Waals surface area (Å²) >= 11 is 1.81. The SMILES string of the molecule is CCC(N)C(c1ccc(C)s1)N(CCO)C(C)C. The van der Waals surface area contributed by atoms with Gasteiger partial charge in [0.1, 0.15) is 0 Å². The highest BCUT2D eigenvalue weighted by Gasteiger charge is 2.28. The minimum atomic E-state index is 0.108. The van der Waals surface area contributed by atoms with Gasteiger partial charge < -0.3 is 10.8 Å².